The third kappa shape index (κ3) is 9.30. The van der Waals surface area contributed by atoms with Crippen LogP contribution in [0.5, 0.6) is 0 Å². The van der Waals surface area contributed by atoms with Crippen molar-refractivity contribution in [2.24, 2.45) is 11.8 Å². The molecule has 5 nitrogen and oxygen atoms in total. The maximum absolute atomic E-state index is 12.7. The van der Waals surface area contributed by atoms with E-state index < -0.39 is 5.97 Å². The summed E-state index contributed by atoms with van der Waals surface area (Å²) in [6.45, 7) is 7.60. The van der Waals surface area contributed by atoms with Crippen molar-refractivity contribution in [2.75, 3.05) is 13.2 Å². The molecule has 0 amide bonds. The van der Waals surface area contributed by atoms with Gasteiger partial charge in [0.05, 0.1) is 12.2 Å². The number of hydrogen-bond donors (Lipinski definition) is 1. The first-order valence-corrected chi connectivity index (χ1v) is 14.0. The number of aliphatic hydroxyl groups excluding tert-OH is 1. The molecule has 0 radical (unpaired) electrons. The Morgan fingerprint density at radius 1 is 1.05 bits per heavy atom. The molecule has 0 heterocycles. The molecule has 202 valence electrons. The van der Waals surface area contributed by atoms with E-state index in [1.165, 1.54) is 49.7 Å². The fourth-order valence-electron chi connectivity index (χ4n) is 5.22. The molecule has 0 aromatic heterocycles. The van der Waals surface area contributed by atoms with E-state index in [1.807, 2.05) is 24.3 Å². The van der Waals surface area contributed by atoms with Crippen LogP contribution in [0.15, 0.2) is 54.1 Å². The largest absolute Gasteiger partial charge is 0.462 e. The van der Waals surface area contributed by atoms with Crippen LogP contribution in [0.25, 0.3) is 5.57 Å². The maximum Gasteiger partial charge on any atom is 0.338 e. The van der Waals surface area contributed by atoms with Crippen molar-refractivity contribution in [2.45, 2.75) is 90.6 Å². The molecule has 1 unspecified atom stereocenters. The molecule has 1 aromatic rings. The number of unbranched alkanes of at least 4 members (excludes halogenated alkanes) is 2. The highest BCUT2D eigenvalue weighted by Gasteiger charge is 2.24. The van der Waals surface area contributed by atoms with Crippen molar-refractivity contribution in [3.05, 3.63) is 65.3 Å². The lowest BCUT2D eigenvalue weighted by Crippen LogP contribution is -2.24. The number of esters is 2. The second-order valence-corrected chi connectivity index (χ2v) is 10.8. The van der Waals surface area contributed by atoms with Crippen molar-refractivity contribution in [1.29, 1.82) is 0 Å². The Labute approximate surface area is 222 Å². The average molecular weight is 509 g/mol. The molecule has 1 N–H and O–H groups in total. The Morgan fingerprint density at radius 3 is 2.38 bits per heavy atom. The van der Waals surface area contributed by atoms with Gasteiger partial charge in [-0.1, -0.05) is 69.0 Å². The predicted octanol–water partition coefficient (Wildman–Crippen LogP) is 7.20. The first-order valence-electron chi connectivity index (χ1n) is 14.0. The molecule has 5 heteroatoms. The van der Waals surface area contributed by atoms with Gasteiger partial charge in [-0.25, -0.2) is 9.59 Å². The Balaban J connectivity index is 1.47. The second kappa shape index (κ2) is 14.9. The van der Waals surface area contributed by atoms with Gasteiger partial charge < -0.3 is 14.6 Å². The quantitative estimate of drug-likeness (QED) is 0.173. The molecule has 2 aliphatic carbocycles. The minimum Gasteiger partial charge on any atom is -0.462 e. The number of benzene rings is 1. The molecule has 0 aliphatic heterocycles. The fraction of sp³-hybridized carbons (Fsp3) is 0.562. The lowest BCUT2D eigenvalue weighted by molar-refractivity contribution is -0.140. The van der Waals surface area contributed by atoms with Crippen LogP contribution >= 0.6 is 0 Å². The monoisotopic (exact) mass is 508 g/mol. The van der Waals surface area contributed by atoms with Crippen LogP contribution in [-0.2, 0) is 14.3 Å². The zero-order valence-electron chi connectivity index (χ0n) is 22.7. The number of aliphatic hydroxyl groups is 1. The molecule has 1 atom stereocenters. The smallest absolute Gasteiger partial charge is 0.338 e. The highest BCUT2D eigenvalue weighted by Crippen LogP contribution is 2.32. The lowest BCUT2D eigenvalue weighted by atomic mass is 9.84. The summed E-state index contributed by atoms with van der Waals surface area (Å²) in [5.74, 6) is 0.0394. The van der Waals surface area contributed by atoms with Crippen LogP contribution in [0.2, 0.25) is 0 Å². The predicted molar refractivity (Wildman–Crippen MR) is 148 cm³/mol. The van der Waals surface area contributed by atoms with E-state index in [1.54, 1.807) is 6.92 Å². The normalized spacial score (nSPS) is 20.4. The fourth-order valence-corrected chi connectivity index (χ4v) is 5.22. The van der Waals surface area contributed by atoms with Gasteiger partial charge in [0.2, 0.25) is 0 Å². The first kappa shape index (κ1) is 28.9. The van der Waals surface area contributed by atoms with E-state index in [4.69, 9.17) is 9.47 Å². The van der Waals surface area contributed by atoms with Crippen LogP contribution in [-0.4, -0.2) is 36.4 Å². The Bertz CT molecular complexity index is 963. The summed E-state index contributed by atoms with van der Waals surface area (Å²) in [7, 11) is 0. The van der Waals surface area contributed by atoms with Gasteiger partial charge in [0.25, 0.3) is 0 Å². The first-order chi connectivity index (χ1) is 17.9. The molecule has 2 aliphatic rings. The van der Waals surface area contributed by atoms with Gasteiger partial charge in [0, 0.05) is 18.1 Å². The summed E-state index contributed by atoms with van der Waals surface area (Å²) < 4.78 is 11.0. The highest BCUT2D eigenvalue weighted by molar-refractivity contribution is 5.90. The van der Waals surface area contributed by atoms with Crippen LogP contribution in [0.3, 0.4) is 0 Å². The van der Waals surface area contributed by atoms with Crippen molar-refractivity contribution in [3.8, 4) is 0 Å². The molecular weight excluding hydrogens is 464 g/mol. The van der Waals surface area contributed by atoms with Gasteiger partial charge in [-0.2, -0.15) is 0 Å². The molecule has 0 bridgehead atoms. The number of hydrogen-bond acceptors (Lipinski definition) is 5. The Morgan fingerprint density at radius 2 is 1.78 bits per heavy atom. The molecule has 37 heavy (non-hydrogen) atoms. The summed E-state index contributed by atoms with van der Waals surface area (Å²) in [6, 6.07) is 7.73. The summed E-state index contributed by atoms with van der Waals surface area (Å²) in [4.78, 5) is 24.3. The topological polar surface area (TPSA) is 72.8 Å². The highest BCUT2D eigenvalue weighted by atomic mass is 16.5. The summed E-state index contributed by atoms with van der Waals surface area (Å²) in [6.07, 6.45) is 16.3. The molecule has 3 rings (SSSR count). The molecule has 0 saturated heterocycles. The van der Waals surface area contributed by atoms with Crippen LogP contribution in [0.1, 0.15) is 100 Å². The van der Waals surface area contributed by atoms with E-state index in [-0.39, 0.29) is 31.2 Å². The molecule has 1 aromatic carbocycles. The van der Waals surface area contributed by atoms with E-state index >= 15 is 0 Å². The molecule has 1 fully saturated rings. The number of ether oxygens (including phenoxy) is 2. The minimum atomic E-state index is -0.421. The van der Waals surface area contributed by atoms with E-state index in [0.29, 0.717) is 17.6 Å². The van der Waals surface area contributed by atoms with Gasteiger partial charge in [-0.05, 0) is 81.1 Å². The van der Waals surface area contributed by atoms with Gasteiger partial charge in [0.1, 0.15) is 6.10 Å². The number of rotatable bonds is 13. The molecular formula is C32H44O5. The number of carbonyl (C=O) groups is 2. The standard InChI is InChI=1S/C32H44O5/c1-4-5-6-7-24-10-18-30(19-11-24)37-32(35)29-16-14-28(15-17-29)27-12-8-25(9-13-27)20-26(21-33)22-36-31(34)23(2)3/h8,12,14-17,24,26,30,33H,2,4-7,9-11,13,18-22H2,1,3H3. The number of allylic oxidation sites excluding steroid dienone is 4. The minimum absolute atomic E-state index is 0.0324. The third-order valence-corrected chi connectivity index (χ3v) is 7.62. The van der Waals surface area contributed by atoms with Gasteiger partial charge in [0.15, 0.2) is 0 Å². The summed E-state index contributed by atoms with van der Waals surface area (Å²) in [5, 5.41) is 9.67. The maximum atomic E-state index is 12.7. The van der Waals surface area contributed by atoms with Crippen LogP contribution in [0, 0.1) is 11.8 Å². The van der Waals surface area contributed by atoms with Crippen LogP contribution in [0.4, 0.5) is 0 Å². The van der Waals surface area contributed by atoms with E-state index in [0.717, 1.165) is 37.2 Å². The van der Waals surface area contributed by atoms with Crippen molar-refractivity contribution in [3.63, 3.8) is 0 Å². The lowest BCUT2D eigenvalue weighted by Gasteiger charge is -2.28. The SMILES string of the molecule is C=C(C)C(=O)OCC(CO)CC1=CC=C(c2ccc(C(=O)OC3CCC(CCCCC)CC3)cc2)CC1. The summed E-state index contributed by atoms with van der Waals surface area (Å²) >= 11 is 0. The molecule has 0 spiro atoms. The average Bonchev–Trinajstić information content (AvgIpc) is 2.92. The zero-order valence-corrected chi connectivity index (χ0v) is 22.7. The van der Waals surface area contributed by atoms with E-state index in [9.17, 15) is 14.7 Å². The zero-order chi connectivity index (χ0) is 26.6. The van der Waals surface area contributed by atoms with Gasteiger partial charge >= 0.3 is 11.9 Å². The van der Waals surface area contributed by atoms with Gasteiger partial charge in [-0.3, -0.25) is 0 Å². The molecule has 1 saturated carbocycles. The Hall–Kier alpha value is -2.66. The van der Waals surface area contributed by atoms with E-state index in [2.05, 4.69) is 25.7 Å². The third-order valence-electron chi connectivity index (χ3n) is 7.62. The summed E-state index contributed by atoms with van der Waals surface area (Å²) in [5.41, 5.74) is 4.53. The van der Waals surface area contributed by atoms with Crippen molar-refractivity contribution in [1.82, 2.24) is 0 Å². The van der Waals surface area contributed by atoms with Crippen molar-refractivity contribution < 1.29 is 24.2 Å². The van der Waals surface area contributed by atoms with Crippen LogP contribution < -0.4 is 0 Å². The Kier molecular flexibility index (Phi) is 11.7. The second-order valence-electron chi connectivity index (χ2n) is 10.8. The number of carbonyl (C=O) groups excluding carboxylic acids is 2. The van der Waals surface area contributed by atoms with Gasteiger partial charge in [-0.15, -0.1) is 0 Å². The van der Waals surface area contributed by atoms with Crippen molar-refractivity contribution >= 4 is 17.5 Å².